The third-order valence-corrected chi connectivity index (χ3v) is 4.34. The van der Waals surface area contributed by atoms with Gasteiger partial charge in [-0.1, -0.05) is 0 Å². The highest BCUT2D eigenvalue weighted by Gasteiger charge is 2.28. The van der Waals surface area contributed by atoms with Gasteiger partial charge in [-0.15, -0.1) is 0 Å². The number of nitrogens with zero attached hydrogens (tertiary/aromatic N) is 2. The van der Waals surface area contributed by atoms with Gasteiger partial charge in [-0.2, -0.15) is 0 Å². The smallest absolute Gasteiger partial charge is 0.166 e. The lowest BCUT2D eigenvalue weighted by Gasteiger charge is -2.37. The summed E-state index contributed by atoms with van der Waals surface area (Å²) < 4.78 is 14.8. The summed E-state index contributed by atoms with van der Waals surface area (Å²) in [5, 5.41) is 3.56. The van der Waals surface area contributed by atoms with Crippen LogP contribution in [0.1, 0.15) is 32.1 Å². The largest absolute Gasteiger partial charge is 0.350 e. The molecule has 19 heavy (non-hydrogen) atoms. The summed E-state index contributed by atoms with van der Waals surface area (Å²) in [5.74, 6) is 0.276. The molecule has 1 atom stereocenters. The molecule has 2 heterocycles. The molecule has 0 radical (unpaired) electrons. The van der Waals surface area contributed by atoms with Gasteiger partial charge in [0.15, 0.2) is 11.6 Å². The van der Waals surface area contributed by atoms with E-state index in [0.29, 0.717) is 22.4 Å². The normalized spacial score (nSPS) is 23.7. The second kappa shape index (κ2) is 5.75. The Morgan fingerprint density at radius 3 is 2.95 bits per heavy atom. The zero-order chi connectivity index (χ0) is 13.2. The Morgan fingerprint density at radius 1 is 1.37 bits per heavy atom. The van der Waals surface area contributed by atoms with E-state index in [-0.39, 0.29) is 5.82 Å². The van der Waals surface area contributed by atoms with E-state index in [1.165, 1.54) is 25.3 Å². The van der Waals surface area contributed by atoms with Crippen LogP contribution in [0.2, 0.25) is 0 Å². The molecular formula is C14H19BrFN3. The van der Waals surface area contributed by atoms with E-state index in [4.69, 9.17) is 0 Å². The van der Waals surface area contributed by atoms with Crippen molar-refractivity contribution in [1.82, 2.24) is 10.3 Å². The van der Waals surface area contributed by atoms with Crippen molar-refractivity contribution in [1.29, 1.82) is 0 Å². The summed E-state index contributed by atoms with van der Waals surface area (Å²) in [6.07, 6.45) is 7.73. The van der Waals surface area contributed by atoms with Crippen molar-refractivity contribution >= 4 is 21.7 Å². The molecule has 104 valence electrons. The second-order valence-corrected chi connectivity index (χ2v) is 6.40. The molecule has 1 aliphatic heterocycles. The van der Waals surface area contributed by atoms with Gasteiger partial charge in [0.25, 0.3) is 0 Å². The molecule has 1 saturated heterocycles. The summed E-state index contributed by atoms with van der Waals surface area (Å²) in [4.78, 5) is 6.41. The highest BCUT2D eigenvalue weighted by Crippen LogP contribution is 2.27. The van der Waals surface area contributed by atoms with Crippen LogP contribution < -0.4 is 10.2 Å². The zero-order valence-electron chi connectivity index (χ0n) is 10.9. The monoisotopic (exact) mass is 327 g/mol. The van der Waals surface area contributed by atoms with E-state index in [1.807, 2.05) is 0 Å². The van der Waals surface area contributed by atoms with E-state index >= 15 is 0 Å². The Kier molecular flexibility index (Phi) is 4.03. The van der Waals surface area contributed by atoms with Crippen molar-refractivity contribution in [3.8, 4) is 0 Å². The SMILES string of the molecule is Fc1cc(Br)cnc1N1CCCCC1CNC1CC1. The van der Waals surface area contributed by atoms with E-state index in [9.17, 15) is 4.39 Å². The molecule has 0 bridgehead atoms. The molecule has 1 unspecified atom stereocenters. The van der Waals surface area contributed by atoms with Crippen LogP contribution in [0.5, 0.6) is 0 Å². The van der Waals surface area contributed by atoms with Crippen molar-refractivity contribution in [2.45, 2.75) is 44.2 Å². The average Bonchev–Trinajstić information content (AvgIpc) is 3.21. The van der Waals surface area contributed by atoms with Gasteiger partial charge in [-0.25, -0.2) is 9.37 Å². The molecule has 1 saturated carbocycles. The average molecular weight is 328 g/mol. The quantitative estimate of drug-likeness (QED) is 0.921. The van der Waals surface area contributed by atoms with E-state index in [0.717, 1.165) is 25.9 Å². The molecule has 2 fully saturated rings. The molecule has 1 aliphatic carbocycles. The molecule has 1 aromatic heterocycles. The highest BCUT2D eigenvalue weighted by atomic mass is 79.9. The Balaban J connectivity index is 1.74. The number of hydrogen-bond donors (Lipinski definition) is 1. The van der Waals surface area contributed by atoms with Crippen molar-refractivity contribution in [3.05, 3.63) is 22.6 Å². The first-order valence-electron chi connectivity index (χ1n) is 7.05. The Hall–Kier alpha value is -0.680. The molecular weight excluding hydrogens is 309 g/mol. The lowest BCUT2D eigenvalue weighted by molar-refractivity contribution is 0.425. The Labute approximate surface area is 121 Å². The van der Waals surface area contributed by atoms with Crippen LogP contribution in [0.15, 0.2) is 16.7 Å². The third-order valence-electron chi connectivity index (χ3n) is 3.91. The molecule has 1 aromatic rings. The highest BCUT2D eigenvalue weighted by molar-refractivity contribution is 9.10. The first-order chi connectivity index (χ1) is 9.24. The first kappa shape index (κ1) is 13.3. The number of piperidine rings is 1. The standard InChI is InChI=1S/C14H19BrFN3/c15-10-7-13(16)14(18-8-10)19-6-2-1-3-12(19)9-17-11-4-5-11/h7-8,11-12,17H,1-6,9H2. The predicted octanol–water partition coefficient (Wildman–Crippen LogP) is 3.09. The summed E-state index contributed by atoms with van der Waals surface area (Å²) >= 11 is 3.26. The van der Waals surface area contributed by atoms with E-state index in [1.54, 1.807) is 6.20 Å². The summed E-state index contributed by atoms with van der Waals surface area (Å²) in [6, 6.07) is 2.58. The first-order valence-corrected chi connectivity index (χ1v) is 7.84. The fraction of sp³-hybridized carbons (Fsp3) is 0.643. The molecule has 0 aromatic carbocycles. The number of aromatic nitrogens is 1. The molecule has 0 amide bonds. The predicted molar refractivity (Wildman–Crippen MR) is 77.9 cm³/mol. The Bertz CT molecular complexity index is 450. The summed E-state index contributed by atoms with van der Waals surface area (Å²) in [5.41, 5.74) is 0. The minimum absolute atomic E-state index is 0.229. The molecule has 3 nitrogen and oxygen atoms in total. The van der Waals surface area contributed by atoms with Crippen LogP contribution in [0.3, 0.4) is 0 Å². The maximum atomic E-state index is 14.1. The van der Waals surface area contributed by atoms with E-state index in [2.05, 4.69) is 31.1 Å². The minimum atomic E-state index is -0.229. The summed E-state index contributed by atoms with van der Waals surface area (Å²) in [7, 11) is 0. The van der Waals surface area contributed by atoms with Gasteiger partial charge in [-0.05, 0) is 54.1 Å². The van der Waals surface area contributed by atoms with Crippen LogP contribution in [0.4, 0.5) is 10.2 Å². The number of rotatable bonds is 4. The van der Waals surface area contributed by atoms with Crippen molar-refractivity contribution in [2.75, 3.05) is 18.0 Å². The maximum Gasteiger partial charge on any atom is 0.166 e. The van der Waals surface area contributed by atoms with Gasteiger partial charge >= 0.3 is 0 Å². The topological polar surface area (TPSA) is 28.2 Å². The molecule has 0 spiro atoms. The minimum Gasteiger partial charge on any atom is -0.350 e. The number of pyridine rings is 1. The Morgan fingerprint density at radius 2 is 2.21 bits per heavy atom. The zero-order valence-corrected chi connectivity index (χ0v) is 12.5. The second-order valence-electron chi connectivity index (χ2n) is 5.48. The van der Waals surface area contributed by atoms with Gasteiger partial charge in [0.2, 0.25) is 0 Å². The van der Waals surface area contributed by atoms with Gasteiger partial charge in [0.05, 0.1) is 0 Å². The number of nitrogens with one attached hydrogen (secondary N) is 1. The number of hydrogen-bond acceptors (Lipinski definition) is 3. The molecule has 1 N–H and O–H groups in total. The van der Waals surface area contributed by atoms with Crippen molar-refractivity contribution in [2.24, 2.45) is 0 Å². The number of anilines is 1. The van der Waals surface area contributed by atoms with Gasteiger partial charge in [0.1, 0.15) is 0 Å². The van der Waals surface area contributed by atoms with Crippen molar-refractivity contribution in [3.63, 3.8) is 0 Å². The molecule has 2 aliphatic rings. The third kappa shape index (κ3) is 3.26. The lowest BCUT2D eigenvalue weighted by atomic mass is 10.0. The fourth-order valence-electron chi connectivity index (χ4n) is 2.70. The van der Waals surface area contributed by atoms with Crippen molar-refractivity contribution < 1.29 is 4.39 Å². The molecule has 3 rings (SSSR count). The van der Waals surface area contributed by atoms with Gasteiger partial charge in [-0.3, -0.25) is 0 Å². The van der Waals surface area contributed by atoms with Gasteiger partial charge in [0, 0.05) is 35.8 Å². The van der Waals surface area contributed by atoms with Gasteiger partial charge < -0.3 is 10.2 Å². The van der Waals surface area contributed by atoms with Crippen LogP contribution in [-0.2, 0) is 0 Å². The van der Waals surface area contributed by atoms with Crippen LogP contribution in [-0.4, -0.2) is 30.2 Å². The van der Waals surface area contributed by atoms with Crippen LogP contribution in [0, 0.1) is 5.82 Å². The summed E-state index contributed by atoms with van der Waals surface area (Å²) in [6.45, 7) is 1.85. The fourth-order valence-corrected chi connectivity index (χ4v) is 3.00. The lowest BCUT2D eigenvalue weighted by Crippen LogP contribution is -2.46. The molecule has 5 heteroatoms. The maximum absolute atomic E-state index is 14.1. The van der Waals surface area contributed by atoms with E-state index < -0.39 is 0 Å². The van der Waals surface area contributed by atoms with Crippen LogP contribution >= 0.6 is 15.9 Å². The van der Waals surface area contributed by atoms with Crippen LogP contribution in [0.25, 0.3) is 0 Å². The number of halogens is 2.